The van der Waals surface area contributed by atoms with E-state index >= 15 is 0 Å². The van der Waals surface area contributed by atoms with Gasteiger partial charge in [-0.3, -0.25) is 4.79 Å². The van der Waals surface area contributed by atoms with Gasteiger partial charge in [0.05, 0.1) is 20.8 Å². The van der Waals surface area contributed by atoms with Gasteiger partial charge in [0.25, 0.3) is 5.91 Å². The Labute approximate surface area is 165 Å². The zero-order valence-electron chi connectivity index (χ0n) is 13.5. The maximum absolute atomic E-state index is 12.0. The second-order valence-corrected chi connectivity index (χ2v) is 6.60. The summed E-state index contributed by atoms with van der Waals surface area (Å²) in [6.45, 7) is 0.208. The van der Waals surface area contributed by atoms with Crippen LogP contribution in [-0.4, -0.2) is 22.3 Å². The van der Waals surface area contributed by atoms with Crippen LogP contribution in [0, 0.1) is 0 Å². The molecular weight excluding hydrogens is 397 g/mol. The smallest absolute Gasteiger partial charge is 0.258 e. The van der Waals surface area contributed by atoms with Crippen LogP contribution in [0.1, 0.15) is 5.56 Å². The van der Waals surface area contributed by atoms with E-state index in [1.807, 2.05) is 36.5 Å². The summed E-state index contributed by atoms with van der Waals surface area (Å²) in [5.41, 5.74) is 1.91. The van der Waals surface area contributed by atoms with E-state index in [1.54, 1.807) is 10.9 Å². The van der Waals surface area contributed by atoms with Gasteiger partial charge < -0.3 is 10.1 Å². The molecule has 2 aromatic carbocycles. The number of aromatic nitrogens is 2. The first-order valence-corrected chi connectivity index (χ1v) is 8.79. The highest BCUT2D eigenvalue weighted by atomic mass is 35.5. The van der Waals surface area contributed by atoms with E-state index in [4.69, 9.17) is 39.5 Å². The van der Waals surface area contributed by atoms with Crippen molar-refractivity contribution in [3.63, 3.8) is 0 Å². The van der Waals surface area contributed by atoms with Crippen molar-refractivity contribution >= 4 is 40.7 Å². The van der Waals surface area contributed by atoms with E-state index in [9.17, 15) is 4.79 Å². The Morgan fingerprint density at radius 1 is 1.08 bits per heavy atom. The molecule has 1 heterocycles. The van der Waals surface area contributed by atoms with Gasteiger partial charge in [-0.2, -0.15) is 5.10 Å². The summed E-state index contributed by atoms with van der Waals surface area (Å²) in [4.78, 5) is 12.0. The minimum atomic E-state index is -0.275. The Morgan fingerprint density at radius 3 is 2.50 bits per heavy atom. The van der Waals surface area contributed by atoms with Gasteiger partial charge in [-0.05, 0) is 29.8 Å². The summed E-state index contributed by atoms with van der Waals surface area (Å²) < 4.78 is 7.15. The lowest BCUT2D eigenvalue weighted by Crippen LogP contribution is -2.28. The lowest BCUT2D eigenvalue weighted by molar-refractivity contribution is -0.123. The lowest BCUT2D eigenvalue weighted by Gasteiger charge is -2.10. The SMILES string of the molecule is O=C(COc1cc(Cl)c(Cl)cc1Cl)NCc1ccc(-n2cccn2)cc1. The molecule has 0 aliphatic carbocycles. The van der Waals surface area contributed by atoms with Gasteiger partial charge in [0.15, 0.2) is 6.61 Å². The molecule has 0 fully saturated rings. The average molecular weight is 411 g/mol. The second-order valence-electron chi connectivity index (χ2n) is 5.38. The molecule has 8 heteroatoms. The molecule has 0 aliphatic rings. The van der Waals surface area contributed by atoms with Crippen LogP contribution < -0.4 is 10.1 Å². The molecular formula is C18H14Cl3N3O2. The average Bonchev–Trinajstić information content (AvgIpc) is 3.17. The molecule has 134 valence electrons. The molecule has 0 radical (unpaired) electrons. The first kappa shape index (κ1) is 18.6. The number of hydrogen-bond donors (Lipinski definition) is 1. The first-order chi connectivity index (χ1) is 12.5. The van der Waals surface area contributed by atoms with Gasteiger partial charge in [-0.15, -0.1) is 0 Å². The molecule has 0 unspecified atom stereocenters. The predicted octanol–water partition coefficient (Wildman–Crippen LogP) is 4.53. The normalized spacial score (nSPS) is 10.6. The summed E-state index contributed by atoms with van der Waals surface area (Å²) in [6, 6.07) is 12.5. The molecule has 3 rings (SSSR count). The minimum absolute atomic E-state index is 0.178. The van der Waals surface area contributed by atoms with Crippen molar-refractivity contribution in [3.05, 3.63) is 75.5 Å². The number of hydrogen-bond acceptors (Lipinski definition) is 3. The van der Waals surface area contributed by atoms with E-state index in [0.29, 0.717) is 27.4 Å². The predicted molar refractivity (Wildman–Crippen MR) is 102 cm³/mol. The number of nitrogens with one attached hydrogen (secondary N) is 1. The fraction of sp³-hybridized carbons (Fsp3) is 0.111. The summed E-state index contributed by atoms with van der Waals surface area (Å²) in [7, 11) is 0. The number of rotatable bonds is 6. The Kier molecular flexibility index (Phi) is 6.04. The van der Waals surface area contributed by atoms with Crippen molar-refractivity contribution in [2.45, 2.75) is 6.54 Å². The molecule has 1 amide bonds. The monoisotopic (exact) mass is 409 g/mol. The van der Waals surface area contributed by atoms with Gasteiger partial charge in [0, 0.05) is 25.0 Å². The fourth-order valence-electron chi connectivity index (χ4n) is 2.20. The number of carbonyl (C=O) groups excluding carboxylic acids is 1. The highest BCUT2D eigenvalue weighted by Crippen LogP contribution is 2.33. The molecule has 0 spiro atoms. The zero-order valence-corrected chi connectivity index (χ0v) is 15.7. The van der Waals surface area contributed by atoms with Crippen LogP contribution >= 0.6 is 34.8 Å². The number of ether oxygens (including phenoxy) is 1. The lowest BCUT2D eigenvalue weighted by atomic mass is 10.2. The van der Waals surface area contributed by atoms with Gasteiger partial charge >= 0.3 is 0 Å². The van der Waals surface area contributed by atoms with Crippen molar-refractivity contribution in [2.24, 2.45) is 0 Å². The largest absolute Gasteiger partial charge is 0.482 e. The molecule has 0 bridgehead atoms. The van der Waals surface area contributed by atoms with E-state index < -0.39 is 0 Å². The van der Waals surface area contributed by atoms with Crippen molar-refractivity contribution in [3.8, 4) is 11.4 Å². The van der Waals surface area contributed by atoms with E-state index in [1.165, 1.54) is 12.1 Å². The van der Waals surface area contributed by atoms with E-state index in [-0.39, 0.29) is 12.5 Å². The van der Waals surface area contributed by atoms with Crippen LogP contribution in [0.2, 0.25) is 15.1 Å². The summed E-state index contributed by atoms with van der Waals surface area (Å²) >= 11 is 17.8. The van der Waals surface area contributed by atoms with Gasteiger partial charge in [-0.25, -0.2) is 4.68 Å². The number of nitrogens with zero attached hydrogens (tertiary/aromatic N) is 2. The molecule has 5 nitrogen and oxygen atoms in total. The molecule has 26 heavy (non-hydrogen) atoms. The third kappa shape index (κ3) is 4.69. The first-order valence-electron chi connectivity index (χ1n) is 7.66. The van der Waals surface area contributed by atoms with E-state index in [2.05, 4.69) is 10.4 Å². The van der Waals surface area contributed by atoms with Gasteiger partial charge in [0.2, 0.25) is 0 Å². The van der Waals surface area contributed by atoms with Crippen LogP contribution in [0.25, 0.3) is 5.69 Å². The third-order valence-corrected chi connectivity index (χ3v) is 4.55. The van der Waals surface area contributed by atoms with Crippen molar-refractivity contribution in [1.82, 2.24) is 15.1 Å². The standard InChI is InChI=1S/C18H14Cl3N3O2/c19-14-8-16(21)17(9-15(14)20)26-11-18(25)22-10-12-2-4-13(5-3-12)24-7-1-6-23-24/h1-9H,10-11H2,(H,22,25). The van der Waals surface area contributed by atoms with Crippen molar-refractivity contribution in [2.75, 3.05) is 6.61 Å². The van der Waals surface area contributed by atoms with Crippen LogP contribution in [0.15, 0.2) is 54.9 Å². The van der Waals surface area contributed by atoms with Gasteiger partial charge in [-0.1, -0.05) is 46.9 Å². The van der Waals surface area contributed by atoms with Crippen LogP contribution in [0.3, 0.4) is 0 Å². The van der Waals surface area contributed by atoms with Crippen LogP contribution in [0.5, 0.6) is 5.75 Å². The number of amides is 1. The van der Waals surface area contributed by atoms with Crippen LogP contribution in [0.4, 0.5) is 0 Å². The summed E-state index contributed by atoms with van der Waals surface area (Å²) in [5, 5.41) is 7.87. The van der Waals surface area contributed by atoms with Gasteiger partial charge in [0.1, 0.15) is 5.75 Å². The topological polar surface area (TPSA) is 56.1 Å². The maximum atomic E-state index is 12.0. The molecule has 0 saturated heterocycles. The maximum Gasteiger partial charge on any atom is 0.258 e. The molecule has 1 N–H and O–H groups in total. The Balaban J connectivity index is 1.50. The Morgan fingerprint density at radius 2 is 1.81 bits per heavy atom. The fourth-order valence-corrected chi connectivity index (χ4v) is 2.79. The molecule has 1 aromatic heterocycles. The minimum Gasteiger partial charge on any atom is -0.482 e. The molecule has 3 aromatic rings. The third-order valence-electron chi connectivity index (χ3n) is 3.53. The zero-order chi connectivity index (χ0) is 18.5. The molecule has 0 aliphatic heterocycles. The quantitative estimate of drug-likeness (QED) is 0.608. The number of carbonyl (C=O) groups is 1. The van der Waals surface area contributed by atoms with Crippen molar-refractivity contribution < 1.29 is 9.53 Å². The van der Waals surface area contributed by atoms with Crippen molar-refractivity contribution in [1.29, 1.82) is 0 Å². The highest BCUT2D eigenvalue weighted by molar-refractivity contribution is 6.43. The van der Waals surface area contributed by atoms with Crippen LogP contribution in [-0.2, 0) is 11.3 Å². The number of halogens is 3. The summed E-state index contributed by atoms with van der Waals surface area (Å²) in [6.07, 6.45) is 3.58. The highest BCUT2D eigenvalue weighted by Gasteiger charge is 2.09. The number of benzene rings is 2. The molecule has 0 saturated carbocycles. The summed E-state index contributed by atoms with van der Waals surface area (Å²) in [5.74, 6) is 0.0306. The second kappa shape index (κ2) is 8.45. The Bertz CT molecular complexity index is 897. The molecule has 0 atom stereocenters. The Hall–Kier alpha value is -2.21. The van der Waals surface area contributed by atoms with E-state index in [0.717, 1.165) is 11.3 Å².